The number of rotatable bonds is 4. The Labute approximate surface area is 99.8 Å². The maximum absolute atomic E-state index is 12.9. The molecule has 0 spiro atoms. The van der Waals surface area contributed by atoms with Crippen molar-refractivity contribution in [3.63, 3.8) is 0 Å². The van der Waals surface area contributed by atoms with Crippen molar-refractivity contribution in [1.82, 2.24) is 0 Å². The Morgan fingerprint density at radius 3 is 2.53 bits per heavy atom. The Morgan fingerprint density at radius 1 is 1.00 bits per heavy atom. The van der Waals surface area contributed by atoms with Gasteiger partial charge in [0.1, 0.15) is 18.2 Å². The van der Waals surface area contributed by atoms with Crippen LogP contribution >= 0.6 is 0 Å². The molecule has 2 nitrogen and oxygen atoms in total. The molecule has 0 bridgehead atoms. The molecule has 0 radical (unpaired) electrons. The van der Waals surface area contributed by atoms with Gasteiger partial charge in [-0.05, 0) is 23.3 Å². The number of hydrogen-bond acceptors (Lipinski definition) is 2. The molecule has 2 rings (SSSR count). The van der Waals surface area contributed by atoms with E-state index in [4.69, 9.17) is 10.5 Å². The molecule has 0 saturated carbocycles. The van der Waals surface area contributed by atoms with Crippen molar-refractivity contribution in [2.24, 2.45) is 5.73 Å². The second kappa shape index (κ2) is 5.46. The van der Waals surface area contributed by atoms with Gasteiger partial charge in [-0.2, -0.15) is 0 Å². The summed E-state index contributed by atoms with van der Waals surface area (Å²) in [7, 11) is 0. The molecule has 0 saturated heterocycles. The molecule has 0 atom stereocenters. The summed E-state index contributed by atoms with van der Waals surface area (Å²) in [6, 6.07) is 14.0. The molecule has 0 aliphatic heterocycles. The summed E-state index contributed by atoms with van der Waals surface area (Å²) in [5, 5.41) is 0. The molecule has 2 aromatic carbocycles. The predicted octanol–water partition coefficient (Wildman–Crippen LogP) is 2.86. The van der Waals surface area contributed by atoms with E-state index in [1.165, 1.54) is 12.1 Å². The maximum atomic E-state index is 12.9. The highest BCUT2D eigenvalue weighted by atomic mass is 19.1. The second-order valence-corrected chi connectivity index (χ2v) is 3.77. The van der Waals surface area contributed by atoms with Gasteiger partial charge < -0.3 is 10.5 Å². The SMILES string of the molecule is NCc1cccc(COc2cccc(F)c2)c1. The van der Waals surface area contributed by atoms with Gasteiger partial charge in [-0.25, -0.2) is 4.39 Å². The topological polar surface area (TPSA) is 35.2 Å². The summed E-state index contributed by atoms with van der Waals surface area (Å²) in [6.45, 7) is 0.922. The monoisotopic (exact) mass is 231 g/mol. The molecule has 0 aliphatic rings. The van der Waals surface area contributed by atoms with E-state index < -0.39 is 0 Å². The van der Waals surface area contributed by atoms with Gasteiger partial charge >= 0.3 is 0 Å². The maximum Gasteiger partial charge on any atom is 0.126 e. The fourth-order valence-electron chi connectivity index (χ4n) is 1.57. The number of benzene rings is 2. The molecule has 2 aromatic rings. The third-order valence-electron chi connectivity index (χ3n) is 2.43. The molecule has 2 N–H and O–H groups in total. The van der Waals surface area contributed by atoms with Crippen molar-refractivity contribution in [3.8, 4) is 5.75 Å². The fourth-order valence-corrected chi connectivity index (χ4v) is 1.57. The van der Waals surface area contributed by atoms with Crippen LogP contribution in [0, 0.1) is 5.82 Å². The van der Waals surface area contributed by atoms with E-state index in [0.29, 0.717) is 18.9 Å². The zero-order valence-corrected chi connectivity index (χ0v) is 9.40. The summed E-state index contributed by atoms with van der Waals surface area (Å²) in [4.78, 5) is 0. The summed E-state index contributed by atoms with van der Waals surface area (Å²) >= 11 is 0. The van der Waals surface area contributed by atoms with E-state index in [-0.39, 0.29) is 5.82 Å². The van der Waals surface area contributed by atoms with Gasteiger partial charge in [0.25, 0.3) is 0 Å². The fraction of sp³-hybridized carbons (Fsp3) is 0.143. The van der Waals surface area contributed by atoms with Crippen molar-refractivity contribution in [2.75, 3.05) is 0 Å². The normalized spacial score (nSPS) is 10.2. The van der Waals surface area contributed by atoms with Gasteiger partial charge in [0, 0.05) is 12.6 Å². The van der Waals surface area contributed by atoms with E-state index >= 15 is 0 Å². The zero-order chi connectivity index (χ0) is 12.1. The van der Waals surface area contributed by atoms with Crippen molar-refractivity contribution in [3.05, 3.63) is 65.5 Å². The minimum atomic E-state index is -0.293. The Bertz CT molecular complexity index is 499. The molecule has 0 unspecified atom stereocenters. The highest BCUT2D eigenvalue weighted by Crippen LogP contribution is 2.14. The molecule has 0 fully saturated rings. The molecule has 88 valence electrons. The van der Waals surface area contributed by atoms with Crippen LogP contribution in [0.25, 0.3) is 0 Å². The van der Waals surface area contributed by atoms with Crippen LogP contribution in [0.3, 0.4) is 0 Å². The molecule has 3 heteroatoms. The van der Waals surface area contributed by atoms with Crippen molar-refractivity contribution in [2.45, 2.75) is 13.2 Å². The predicted molar refractivity (Wildman–Crippen MR) is 65.1 cm³/mol. The van der Waals surface area contributed by atoms with Gasteiger partial charge in [0.2, 0.25) is 0 Å². The first-order valence-corrected chi connectivity index (χ1v) is 5.44. The Hall–Kier alpha value is -1.87. The van der Waals surface area contributed by atoms with Crippen LogP contribution in [0.5, 0.6) is 5.75 Å². The molecular weight excluding hydrogens is 217 g/mol. The lowest BCUT2D eigenvalue weighted by molar-refractivity contribution is 0.304. The van der Waals surface area contributed by atoms with Crippen molar-refractivity contribution < 1.29 is 9.13 Å². The Morgan fingerprint density at radius 2 is 1.76 bits per heavy atom. The standard InChI is InChI=1S/C14H14FNO/c15-13-5-2-6-14(8-13)17-10-12-4-1-3-11(7-12)9-16/h1-8H,9-10,16H2. The van der Waals surface area contributed by atoms with Crippen molar-refractivity contribution in [1.29, 1.82) is 0 Å². The molecule has 0 aliphatic carbocycles. The van der Waals surface area contributed by atoms with Crippen LogP contribution < -0.4 is 10.5 Å². The first-order valence-electron chi connectivity index (χ1n) is 5.44. The quantitative estimate of drug-likeness (QED) is 0.878. The van der Waals surface area contributed by atoms with Gasteiger partial charge in [0.15, 0.2) is 0 Å². The zero-order valence-electron chi connectivity index (χ0n) is 9.40. The van der Waals surface area contributed by atoms with Crippen LogP contribution in [0.1, 0.15) is 11.1 Å². The first-order chi connectivity index (χ1) is 8.28. The van der Waals surface area contributed by atoms with Crippen LogP contribution in [0.4, 0.5) is 4.39 Å². The van der Waals surface area contributed by atoms with E-state index in [2.05, 4.69) is 0 Å². The largest absolute Gasteiger partial charge is 0.489 e. The van der Waals surface area contributed by atoms with Gasteiger partial charge in [0.05, 0.1) is 0 Å². The van der Waals surface area contributed by atoms with Gasteiger partial charge in [-0.3, -0.25) is 0 Å². The minimum Gasteiger partial charge on any atom is -0.489 e. The summed E-state index contributed by atoms with van der Waals surface area (Å²) in [5.74, 6) is 0.237. The summed E-state index contributed by atoms with van der Waals surface area (Å²) in [6.07, 6.45) is 0. The van der Waals surface area contributed by atoms with Crippen LogP contribution in [0.15, 0.2) is 48.5 Å². The van der Waals surface area contributed by atoms with Crippen LogP contribution in [-0.2, 0) is 13.2 Å². The number of halogens is 1. The van der Waals surface area contributed by atoms with Crippen LogP contribution in [-0.4, -0.2) is 0 Å². The Balaban J connectivity index is 2.02. The van der Waals surface area contributed by atoms with E-state index in [1.807, 2.05) is 24.3 Å². The van der Waals surface area contributed by atoms with E-state index in [0.717, 1.165) is 11.1 Å². The highest BCUT2D eigenvalue weighted by Gasteiger charge is 1.98. The first kappa shape index (κ1) is 11.6. The smallest absolute Gasteiger partial charge is 0.126 e. The van der Waals surface area contributed by atoms with Gasteiger partial charge in [-0.1, -0.05) is 30.3 Å². The number of hydrogen-bond donors (Lipinski definition) is 1. The average molecular weight is 231 g/mol. The lowest BCUT2D eigenvalue weighted by Gasteiger charge is -2.07. The Kier molecular flexibility index (Phi) is 3.73. The average Bonchev–Trinajstić information content (AvgIpc) is 2.37. The van der Waals surface area contributed by atoms with Gasteiger partial charge in [-0.15, -0.1) is 0 Å². The second-order valence-electron chi connectivity index (χ2n) is 3.77. The lowest BCUT2D eigenvalue weighted by atomic mass is 10.1. The number of ether oxygens (including phenoxy) is 1. The molecule has 17 heavy (non-hydrogen) atoms. The van der Waals surface area contributed by atoms with Crippen molar-refractivity contribution >= 4 is 0 Å². The number of nitrogens with two attached hydrogens (primary N) is 1. The molecule has 0 aromatic heterocycles. The third kappa shape index (κ3) is 3.29. The summed E-state index contributed by atoms with van der Waals surface area (Å²) < 4.78 is 18.4. The third-order valence-corrected chi connectivity index (χ3v) is 2.43. The van der Waals surface area contributed by atoms with E-state index in [9.17, 15) is 4.39 Å². The van der Waals surface area contributed by atoms with Crippen LogP contribution in [0.2, 0.25) is 0 Å². The minimum absolute atomic E-state index is 0.293. The molecule has 0 heterocycles. The lowest BCUT2D eigenvalue weighted by Crippen LogP contribution is -1.99. The van der Waals surface area contributed by atoms with E-state index in [1.54, 1.807) is 12.1 Å². The molecule has 0 amide bonds. The molecular formula is C14H14FNO. The summed E-state index contributed by atoms with van der Waals surface area (Å²) in [5.41, 5.74) is 7.64. The highest BCUT2D eigenvalue weighted by molar-refractivity contribution is 5.25.